The Bertz CT molecular complexity index is 994. The normalized spacial score (nSPS) is 11.1. The van der Waals surface area contributed by atoms with Crippen LogP contribution in [0.25, 0.3) is 21.9 Å². The smallest absolute Gasteiger partial charge is 0.135 e. The SMILES string of the molecule is c1ccc(OCCCNCCOc2ccc3oc4ccccc4c3c2)cc1. The van der Waals surface area contributed by atoms with Crippen LogP contribution in [-0.2, 0) is 0 Å². The van der Waals surface area contributed by atoms with Crippen LogP contribution in [0.3, 0.4) is 0 Å². The first-order valence-corrected chi connectivity index (χ1v) is 9.33. The van der Waals surface area contributed by atoms with Crippen LogP contribution >= 0.6 is 0 Å². The lowest BCUT2D eigenvalue weighted by Gasteiger charge is -2.08. The van der Waals surface area contributed by atoms with Gasteiger partial charge in [-0.3, -0.25) is 0 Å². The van der Waals surface area contributed by atoms with Crippen molar-refractivity contribution in [1.82, 2.24) is 5.32 Å². The predicted molar refractivity (Wildman–Crippen MR) is 109 cm³/mol. The van der Waals surface area contributed by atoms with Gasteiger partial charge in [-0.25, -0.2) is 0 Å². The van der Waals surface area contributed by atoms with Crippen LogP contribution in [-0.4, -0.2) is 26.3 Å². The van der Waals surface area contributed by atoms with Gasteiger partial charge >= 0.3 is 0 Å². The van der Waals surface area contributed by atoms with Gasteiger partial charge in [0, 0.05) is 17.3 Å². The fourth-order valence-electron chi connectivity index (χ4n) is 3.06. The molecule has 4 heteroatoms. The first-order valence-electron chi connectivity index (χ1n) is 9.33. The number of fused-ring (bicyclic) bond motifs is 3. The average molecular weight is 361 g/mol. The average Bonchev–Trinajstić information content (AvgIpc) is 3.09. The molecule has 0 fully saturated rings. The number of benzene rings is 3. The van der Waals surface area contributed by atoms with Gasteiger partial charge in [-0.15, -0.1) is 0 Å². The van der Waals surface area contributed by atoms with E-state index in [1.54, 1.807) is 0 Å². The Kier molecular flexibility index (Phi) is 5.56. The predicted octanol–water partition coefficient (Wildman–Crippen LogP) is 5.02. The lowest BCUT2D eigenvalue weighted by molar-refractivity contribution is 0.294. The summed E-state index contributed by atoms with van der Waals surface area (Å²) in [6, 6.07) is 23.9. The van der Waals surface area contributed by atoms with E-state index in [0.29, 0.717) is 13.2 Å². The third-order valence-electron chi connectivity index (χ3n) is 4.41. The summed E-state index contributed by atoms with van der Waals surface area (Å²) in [6.07, 6.45) is 0.960. The molecule has 27 heavy (non-hydrogen) atoms. The summed E-state index contributed by atoms with van der Waals surface area (Å²) >= 11 is 0. The zero-order chi connectivity index (χ0) is 18.3. The van der Waals surface area contributed by atoms with Crippen LogP contribution in [0.2, 0.25) is 0 Å². The van der Waals surface area contributed by atoms with Gasteiger partial charge < -0.3 is 19.2 Å². The van der Waals surface area contributed by atoms with E-state index in [0.717, 1.165) is 52.9 Å². The lowest BCUT2D eigenvalue weighted by Crippen LogP contribution is -2.23. The number of rotatable bonds is 9. The van der Waals surface area contributed by atoms with E-state index in [1.165, 1.54) is 0 Å². The minimum Gasteiger partial charge on any atom is -0.494 e. The molecule has 0 aliphatic heterocycles. The maximum absolute atomic E-state index is 5.87. The summed E-state index contributed by atoms with van der Waals surface area (Å²) in [5.74, 6) is 1.78. The molecule has 4 nitrogen and oxygen atoms in total. The largest absolute Gasteiger partial charge is 0.494 e. The third-order valence-corrected chi connectivity index (χ3v) is 4.41. The van der Waals surface area contributed by atoms with Crippen molar-refractivity contribution in [3.8, 4) is 11.5 Å². The summed E-state index contributed by atoms with van der Waals surface area (Å²) < 4.78 is 17.4. The molecule has 0 unspecified atom stereocenters. The fraction of sp³-hybridized carbons (Fsp3) is 0.217. The van der Waals surface area contributed by atoms with E-state index in [1.807, 2.05) is 60.7 Å². The maximum atomic E-state index is 5.87. The van der Waals surface area contributed by atoms with Gasteiger partial charge in [0.25, 0.3) is 0 Å². The highest BCUT2D eigenvalue weighted by Crippen LogP contribution is 2.31. The first-order chi connectivity index (χ1) is 13.4. The van der Waals surface area contributed by atoms with E-state index in [4.69, 9.17) is 13.9 Å². The molecule has 4 rings (SSSR count). The second-order valence-corrected chi connectivity index (χ2v) is 6.37. The molecule has 0 aliphatic rings. The topological polar surface area (TPSA) is 43.6 Å². The highest BCUT2D eigenvalue weighted by atomic mass is 16.5. The van der Waals surface area contributed by atoms with E-state index >= 15 is 0 Å². The zero-order valence-electron chi connectivity index (χ0n) is 15.2. The molecular weight excluding hydrogens is 338 g/mol. The van der Waals surface area contributed by atoms with Gasteiger partial charge in [-0.1, -0.05) is 36.4 Å². The number of para-hydroxylation sites is 2. The Balaban J connectivity index is 1.19. The van der Waals surface area contributed by atoms with Crippen LogP contribution in [0.1, 0.15) is 6.42 Å². The minimum atomic E-state index is 0.626. The second kappa shape index (κ2) is 8.60. The molecule has 0 atom stereocenters. The monoisotopic (exact) mass is 361 g/mol. The molecule has 138 valence electrons. The molecule has 0 bridgehead atoms. The summed E-state index contributed by atoms with van der Waals surface area (Å²) in [4.78, 5) is 0. The van der Waals surface area contributed by atoms with Gasteiger partial charge in [0.1, 0.15) is 29.3 Å². The molecule has 1 N–H and O–H groups in total. The molecule has 4 aromatic rings. The van der Waals surface area contributed by atoms with Gasteiger partial charge in [0.15, 0.2) is 0 Å². The molecule has 0 radical (unpaired) electrons. The maximum Gasteiger partial charge on any atom is 0.135 e. The summed E-state index contributed by atoms with van der Waals surface area (Å²) in [6.45, 7) is 3.04. The number of hydrogen-bond donors (Lipinski definition) is 1. The Labute approximate surface area is 158 Å². The third kappa shape index (κ3) is 4.41. The van der Waals surface area contributed by atoms with Gasteiger partial charge in [0.2, 0.25) is 0 Å². The molecule has 3 aromatic carbocycles. The van der Waals surface area contributed by atoms with Crippen LogP contribution in [0.5, 0.6) is 11.5 Å². The number of nitrogens with one attached hydrogen (secondary N) is 1. The highest BCUT2D eigenvalue weighted by Gasteiger charge is 2.07. The summed E-state index contributed by atoms with van der Waals surface area (Å²) in [7, 11) is 0. The van der Waals surface area contributed by atoms with Gasteiger partial charge in [-0.2, -0.15) is 0 Å². The van der Waals surface area contributed by atoms with Crippen molar-refractivity contribution in [2.75, 3.05) is 26.3 Å². The Morgan fingerprint density at radius 1 is 0.667 bits per heavy atom. The molecule has 1 aromatic heterocycles. The van der Waals surface area contributed by atoms with Crippen molar-refractivity contribution >= 4 is 21.9 Å². The Hall–Kier alpha value is -2.98. The van der Waals surface area contributed by atoms with Crippen molar-refractivity contribution in [2.45, 2.75) is 6.42 Å². The molecule has 0 amide bonds. The summed E-state index contributed by atoms with van der Waals surface area (Å²) in [5, 5.41) is 5.59. The van der Waals surface area contributed by atoms with E-state index in [-0.39, 0.29) is 0 Å². The number of hydrogen-bond acceptors (Lipinski definition) is 4. The Morgan fingerprint density at radius 3 is 2.37 bits per heavy atom. The van der Waals surface area contributed by atoms with E-state index < -0.39 is 0 Å². The van der Waals surface area contributed by atoms with E-state index in [2.05, 4.69) is 17.4 Å². The lowest BCUT2D eigenvalue weighted by atomic mass is 10.1. The molecule has 1 heterocycles. The van der Waals surface area contributed by atoms with Gasteiger partial charge in [0.05, 0.1) is 6.61 Å². The Morgan fingerprint density at radius 2 is 1.44 bits per heavy atom. The molecular formula is C23H23NO3. The van der Waals surface area contributed by atoms with Crippen LogP contribution < -0.4 is 14.8 Å². The van der Waals surface area contributed by atoms with Crippen molar-refractivity contribution in [3.63, 3.8) is 0 Å². The van der Waals surface area contributed by atoms with Crippen molar-refractivity contribution in [3.05, 3.63) is 72.8 Å². The van der Waals surface area contributed by atoms with Crippen molar-refractivity contribution in [2.24, 2.45) is 0 Å². The summed E-state index contributed by atoms with van der Waals surface area (Å²) in [5.41, 5.74) is 1.80. The molecule has 0 saturated carbocycles. The standard InChI is InChI=1S/C23H23NO3/c1-2-7-18(8-3-1)25-15-6-13-24-14-16-26-19-11-12-23-21(17-19)20-9-4-5-10-22(20)27-23/h1-5,7-12,17,24H,6,13-16H2. The van der Waals surface area contributed by atoms with Crippen molar-refractivity contribution < 1.29 is 13.9 Å². The second-order valence-electron chi connectivity index (χ2n) is 6.37. The van der Waals surface area contributed by atoms with Crippen LogP contribution in [0, 0.1) is 0 Å². The number of ether oxygens (including phenoxy) is 2. The van der Waals surface area contributed by atoms with Crippen molar-refractivity contribution in [1.29, 1.82) is 0 Å². The molecule has 0 spiro atoms. The zero-order valence-corrected chi connectivity index (χ0v) is 15.2. The molecule has 0 saturated heterocycles. The van der Waals surface area contributed by atoms with Crippen LogP contribution in [0.15, 0.2) is 77.2 Å². The minimum absolute atomic E-state index is 0.626. The quantitative estimate of drug-likeness (QED) is 0.425. The first kappa shape index (κ1) is 17.4. The fourth-order valence-corrected chi connectivity index (χ4v) is 3.06. The van der Waals surface area contributed by atoms with E-state index in [9.17, 15) is 0 Å². The molecule has 0 aliphatic carbocycles. The van der Waals surface area contributed by atoms with Crippen LogP contribution in [0.4, 0.5) is 0 Å². The highest BCUT2D eigenvalue weighted by molar-refractivity contribution is 6.05. The number of furan rings is 1. The van der Waals surface area contributed by atoms with Gasteiger partial charge in [-0.05, 0) is 49.4 Å².